The lowest BCUT2D eigenvalue weighted by Crippen LogP contribution is -2.33. The minimum Gasteiger partial charge on any atom is -0.497 e. The number of aryl methyl sites for hydroxylation is 1. The summed E-state index contributed by atoms with van der Waals surface area (Å²) in [5.74, 6) is 0.145. The van der Waals surface area contributed by atoms with Gasteiger partial charge in [-0.05, 0) is 49.6 Å². The van der Waals surface area contributed by atoms with Crippen LogP contribution < -0.4 is 20.5 Å². The molecule has 0 spiro atoms. The fourth-order valence-corrected chi connectivity index (χ4v) is 3.28. The van der Waals surface area contributed by atoms with Crippen molar-refractivity contribution < 1.29 is 23.9 Å². The van der Waals surface area contributed by atoms with Crippen molar-refractivity contribution in [1.29, 1.82) is 0 Å². The summed E-state index contributed by atoms with van der Waals surface area (Å²) in [6.45, 7) is 4.82. The molecule has 0 aliphatic rings. The van der Waals surface area contributed by atoms with Gasteiger partial charge in [-0.25, -0.2) is 0 Å². The first kappa shape index (κ1) is 24.7. The molecular formula is C24H31N3O5. The van der Waals surface area contributed by atoms with Gasteiger partial charge in [0.15, 0.2) is 0 Å². The largest absolute Gasteiger partial charge is 0.497 e. The predicted molar refractivity (Wildman–Crippen MR) is 123 cm³/mol. The van der Waals surface area contributed by atoms with Crippen LogP contribution in [0.1, 0.15) is 52.5 Å². The highest BCUT2D eigenvalue weighted by atomic mass is 16.5. The Labute approximate surface area is 188 Å². The standard InChI is InChI=1S/C24H31N3O5/c1-5-12-27(24(30)19-11-10-18(31-3)15-21(19)32-4)13-6-7-22(28)26-20-14-17(23(25)29)9-8-16(20)2/h8-11,14-15H,5-7,12-13H2,1-4H3,(H2,25,29)(H,26,28). The van der Waals surface area contributed by atoms with Crippen LogP contribution in [0, 0.1) is 6.92 Å². The third-order valence-electron chi connectivity index (χ3n) is 5.05. The number of carbonyl (C=O) groups is 3. The summed E-state index contributed by atoms with van der Waals surface area (Å²) < 4.78 is 10.6. The van der Waals surface area contributed by atoms with Gasteiger partial charge in [0.05, 0.1) is 19.8 Å². The number of nitrogens with two attached hydrogens (primary N) is 1. The number of primary amides is 1. The van der Waals surface area contributed by atoms with E-state index < -0.39 is 5.91 Å². The lowest BCUT2D eigenvalue weighted by atomic mass is 10.1. The Morgan fingerprint density at radius 1 is 1.03 bits per heavy atom. The van der Waals surface area contributed by atoms with E-state index in [1.807, 2.05) is 13.8 Å². The number of ether oxygens (including phenoxy) is 2. The molecule has 0 bridgehead atoms. The maximum absolute atomic E-state index is 13.1. The Hall–Kier alpha value is -3.55. The van der Waals surface area contributed by atoms with Gasteiger partial charge in [-0.2, -0.15) is 0 Å². The van der Waals surface area contributed by atoms with E-state index in [4.69, 9.17) is 15.2 Å². The lowest BCUT2D eigenvalue weighted by Gasteiger charge is -2.23. The van der Waals surface area contributed by atoms with Crippen LogP contribution in [0.5, 0.6) is 11.5 Å². The molecule has 8 heteroatoms. The number of amides is 3. The Balaban J connectivity index is 2.01. The minimum atomic E-state index is -0.553. The zero-order chi connectivity index (χ0) is 23.7. The number of carbonyl (C=O) groups excluding carboxylic acids is 3. The van der Waals surface area contributed by atoms with E-state index in [0.717, 1.165) is 12.0 Å². The molecule has 0 heterocycles. The molecule has 0 radical (unpaired) electrons. The highest BCUT2D eigenvalue weighted by molar-refractivity contribution is 5.98. The Kier molecular flexibility index (Phi) is 9.07. The quantitative estimate of drug-likeness (QED) is 0.555. The zero-order valence-corrected chi connectivity index (χ0v) is 19.1. The molecular weight excluding hydrogens is 410 g/mol. The number of methoxy groups -OCH3 is 2. The SMILES string of the molecule is CCCN(CCCC(=O)Nc1cc(C(N)=O)ccc1C)C(=O)c1ccc(OC)cc1OC. The van der Waals surface area contributed by atoms with Gasteiger partial charge in [0.1, 0.15) is 11.5 Å². The Morgan fingerprint density at radius 2 is 1.78 bits per heavy atom. The third-order valence-corrected chi connectivity index (χ3v) is 5.05. The molecule has 0 fully saturated rings. The van der Waals surface area contributed by atoms with Crippen molar-refractivity contribution in [2.45, 2.75) is 33.1 Å². The van der Waals surface area contributed by atoms with Crippen LogP contribution in [-0.2, 0) is 4.79 Å². The summed E-state index contributed by atoms with van der Waals surface area (Å²) in [7, 11) is 3.06. The van der Waals surface area contributed by atoms with Crippen LogP contribution in [0.4, 0.5) is 5.69 Å². The molecule has 0 aromatic heterocycles. The number of benzene rings is 2. The second-order valence-electron chi connectivity index (χ2n) is 7.40. The highest BCUT2D eigenvalue weighted by Gasteiger charge is 2.20. The van der Waals surface area contributed by atoms with Gasteiger partial charge in [0, 0.05) is 36.8 Å². The van der Waals surface area contributed by atoms with Crippen molar-refractivity contribution in [1.82, 2.24) is 4.90 Å². The summed E-state index contributed by atoms with van der Waals surface area (Å²) in [4.78, 5) is 38.6. The normalized spacial score (nSPS) is 10.4. The first-order valence-corrected chi connectivity index (χ1v) is 10.5. The molecule has 0 saturated carbocycles. The van der Waals surface area contributed by atoms with E-state index in [0.29, 0.717) is 47.8 Å². The van der Waals surface area contributed by atoms with E-state index in [1.54, 1.807) is 48.4 Å². The summed E-state index contributed by atoms with van der Waals surface area (Å²) >= 11 is 0. The average molecular weight is 442 g/mol. The van der Waals surface area contributed by atoms with Crippen LogP contribution in [-0.4, -0.2) is 49.9 Å². The van der Waals surface area contributed by atoms with E-state index >= 15 is 0 Å². The van der Waals surface area contributed by atoms with E-state index in [9.17, 15) is 14.4 Å². The van der Waals surface area contributed by atoms with Crippen LogP contribution in [0.2, 0.25) is 0 Å². The van der Waals surface area contributed by atoms with Crippen LogP contribution in [0.15, 0.2) is 36.4 Å². The molecule has 0 unspecified atom stereocenters. The number of nitrogens with one attached hydrogen (secondary N) is 1. The lowest BCUT2D eigenvalue weighted by molar-refractivity contribution is -0.116. The molecule has 2 aromatic carbocycles. The third kappa shape index (κ3) is 6.47. The van der Waals surface area contributed by atoms with E-state index in [-0.39, 0.29) is 18.2 Å². The van der Waals surface area contributed by atoms with Crippen molar-refractivity contribution in [3.8, 4) is 11.5 Å². The summed E-state index contributed by atoms with van der Waals surface area (Å²) in [5, 5.41) is 2.82. The fraction of sp³-hybridized carbons (Fsp3) is 0.375. The highest BCUT2D eigenvalue weighted by Crippen LogP contribution is 2.26. The van der Waals surface area contributed by atoms with Gasteiger partial charge in [-0.15, -0.1) is 0 Å². The monoisotopic (exact) mass is 441 g/mol. The fourth-order valence-electron chi connectivity index (χ4n) is 3.28. The van der Waals surface area contributed by atoms with Crippen LogP contribution >= 0.6 is 0 Å². The molecule has 0 saturated heterocycles. The second-order valence-corrected chi connectivity index (χ2v) is 7.40. The van der Waals surface area contributed by atoms with Gasteiger partial charge in [0.25, 0.3) is 5.91 Å². The molecule has 2 aromatic rings. The van der Waals surface area contributed by atoms with Crippen LogP contribution in [0.25, 0.3) is 0 Å². The average Bonchev–Trinajstić information content (AvgIpc) is 2.78. The van der Waals surface area contributed by atoms with Gasteiger partial charge in [-0.3, -0.25) is 14.4 Å². The van der Waals surface area contributed by atoms with Crippen LogP contribution in [0.3, 0.4) is 0 Å². The maximum atomic E-state index is 13.1. The molecule has 8 nitrogen and oxygen atoms in total. The zero-order valence-electron chi connectivity index (χ0n) is 19.1. The Morgan fingerprint density at radius 3 is 2.41 bits per heavy atom. The van der Waals surface area contributed by atoms with E-state index in [2.05, 4.69) is 5.32 Å². The van der Waals surface area contributed by atoms with Crippen molar-refractivity contribution in [2.75, 3.05) is 32.6 Å². The van der Waals surface area contributed by atoms with Crippen molar-refractivity contribution >= 4 is 23.4 Å². The summed E-state index contributed by atoms with van der Waals surface area (Å²) in [5.41, 5.74) is 7.48. The van der Waals surface area contributed by atoms with Crippen molar-refractivity contribution in [3.05, 3.63) is 53.1 Å². The molecule has 0 aliphatic heterocycles. The molecule has 2 rings (SSSR count). The molecule has 3 N–H and O–H groups in total. The number of nitrogens with zero attached hydrogens (tertiary/aromatic N) is 1. The summed E-state index contributed by atoms with van der Waals surface area (Å²) in [6, 6.07) is 10.0. The summed E-state index contributed by atoms with van der Waals surface area (Å²) in [6.07, 6.45) is 1.51. The van der Waals surface area contributed by atoms with E-state index in [1.165, 1.54) is 7.11 Å². The smallest absolute Gasteiger partial charge is 0.257 e. The maximum Gasteiger partial charge on any atom is 0.257 e. The predicted octanol–water partition coefficient (Wildman–Crippen LogP) is 3.38. The minimum absolute atomic E-state index is 0.156. The second kappa shape index (κ2) is 11.7. The molecule has 0 atom stereocenters. The topological polar surface area (TPSA) is 111 Å². The molecule has 3 amide bonds. The van der Waals surface area contributed by atoms with Gasteiger partial charge in [-0.1, -0.05) is 13.0 Å². The van der Waals surface area contributed by atoms with Crippen molar-refractivity contribution in [2.24, 2.45) is 5.73 Å². The molecule has 32 heavy (non-hydrogen) atoms. The number of hydrogen-bond donors (Lipinski definition) is 2. The number of rotatable bonds is 11. The first-order chi connectivity index (χ1) is 15.3. The molecule has 172 valence electrons. The molecule has 0 aliphatic carbocycles. The Bertz CT molecular complexity index is 974. The van der Waals surface area contributed by atoms with Gasteiger partial charge < -0.3 is 25.4 Å². The van der Waals surface area contributed by atoms with Gasteiger partial charge in [0.2, 0.25) is 11.8 Å². The van der Waals surface area contributed by atoms with Crippen molar-refractivity contribution in [3.63, 3.8) is 0 Å². The number of hydrogen-bond acceptors (Lipinski definition) is 5. The number of anilines is 1. The first-order valence-electron chi connectivity index (χ1n) is 10.5. The van der Waals surface area contributed by atoms with Gasteiger partial charge >= 0.3 is 0 Å².